The molecule has 0 saturated carbocycles. The molecular formula is C21H32O4. The fourth-order valence-corrected chi connectivity index (χ4v) is 2.44. The Bertz CT molecular complexity index is 505. The first-order valence-corrected chi connectivity index (χ1v) is 9.49. The maximum Gasteiger partial charge on any atom is 0.338 e. The van der Waals surface area contributed by atoms with Crippen molar-refractivity contribution in [3.05, 3.63) is 35.4 Å². The van der Waals surface area contributed by atoms with Crippen molar-refractivity contribution in [2.75, 3.05) is 13.2 Å². The van der Waals surface area contributed by atoms with Crippen molar-refractivity contribution in [1.29, 1.82) is 0 Å². The molecule has 1 aromatic rings. The number of benzene rings is 1. The van der Waals surface area contributed by atoms with Crippen LogP contribution in [-0.4, -0.2) is 25.2 Å². The second-order valence-electron chi connectivity index (χ2n) is 6.80. The summed E-state index contributed by atoms with van der Waals surface area (Å²) in [5.41, 5.74) is 0.922. The summed E-state index contributed by atoms with van der Waals surface area (Å²) < 4.78 is 10.5. The highest BCUT2D eigenvalue weighted by atomic mass is 16.5. The molecule has 4 nitrogen and oxygen atoms in total. The normalized spacial score (nSPS) is 10.7. The molecule has 1 aromatic carbocycles. The molecule has 0 spiro atoms. The van der Waals surface area contributed by atoms with Crippen LogP contribution in [0.5, 0.6) is 0 Å². The molecule has 0 aliphatic heterocycles. The third-order valence-corrected chi connectivity index (χ3v) is 4.00. The monoisotopic (exact) mass is 348 g/mol. The average Bonchev–Trinajstić information content (AvgIpc) is 2.61. The van der Waals surface area contributed by atoms with Crippen molar-refractivity contribution in [1.82, 2.24) is 0 Å². The molecule has 0 aliphatic rings. The van der Waals surface area contributed by atoms with Crippen molar-refractivity contribution in [3.63, 3.8) is 0 Å². The standard InChI is InChI=1S/C21H32O4/c1-4-5-6-7-8-15-24-20(22)18-11-13-19(14-12-18)21(23)25-16-9-10-17(2)3/h11-14,17H,4-10,15-16H2,1-3H3. The summed E-state index contributed by atoms with van der Waals surface area (Å²) in [5.74, 6) is -0.0809. The molecule has 0 aromatic heterocycles. The fourth-order valence-electron chi connectivity index (χ4n) is 2.44. The summed E-state index contributed by atoms with van der Waals surface area (Å²) in [7, 11) is 0. The first-order valence-electron chi connectivity index (χ1n) is 9.49. The van der Waals surface area contributed by atoms with Crippen LogP contribution in [0, 0.1) is 5.92 Å². The van der Waals surface area contributed by atoms with Crippen LogP contribution < -0.4 is 0 Å². The molecule has 0 aliphatic carbocycles. The number of unbranched alkanes of at least 4 members (excludes halogenated alkanes) is 4. The maximum absolute atomic E-state index is 12.0. The number of carbonyl (C=O) groups is 2. The van der Waals surface area contributed by atoms with Crippen LogP contribution in [0.15, 0.2) is 24.3 Å². The number of ether oxygens (including phenoxy) is 2. The van der Waals surface area contributed by atoms with Crippen molar-refractivity contribution in [2.45, 2.75) is 65.7 Å². The lowest BCUT2D eigenvalue weighted by Crippen LogP contribution is -2.09. The minimum Gasteiger partial charge on any atom is -0.462 e. The van der Waals surface area contributed by atoms with Gasteiger partial charge in [-0.1, -0.05) is 46.5 Å². The van der Waals surface area contributed by atoms with Crippen LogP contribution >= 0.6 is 0 Å². The molecule has 0 fully saturated rings. The molecule has 0 heterocycles. The summed E-state index contributed by atoms with van der Waals surface area (Å²) in [5, 5.41) is 0. The molecule has 0 radical (unpaired) electrons. The van der Waals surface area contributed by atoms with Gasteiger partial charge in [-0.05, 0) is 49.4 Å². The Hall–Kier alpha value is -1.84. The van der Waals surface area contributed by atoms with Crippen molar-refractivity contribution in [2.24, 2.45) is 5.92 Å². The summed E-state index contributed by atoms with van der Waals surface area (Å²) in [6.45, 7) is 7.34. The summed E-state index contributed by atoms with van der Waals surface area (Å²) >= 11 is 0. The van der Waals surface area contributed by atoms with Crippen LogP contribution in [0.3, 0.4) is 0 Å². The van der Waals surface area contributed by atoms with E-state index in [9.17, 15) is 9.59 Å². The molecule has 25 heavy (non-hydrogen) atoms. The maximum atomic E-state index is 12.0. The van der Waals surface area contributed by atoms with Crippen LogP contribution in [0.1, 0.15) is 86.4 Å². The Kier molecular flexibility index (Phi) is 10.6. The smallest absolute Gasteiger partial charge is 0.338 e. The molecule has 0 amide bonds. The Morgan fingerprint density at radius 3 is 1.76 bits per heavy atom. The number of rotatable bonds is 12. The van der Waals surface area contributed by atoms with Gasteiger partial charge in [0.15, 0.2) is 0 Å². The average molecular weight is 348 g/mol. The topological polar surface area (TPSA) is 52.6 Å². The third kappa shape index (κ3) is 9.28. The van der Waals surface area contributed by atoms with E-state index in [0.29, 0.717) is 30.3 Å². The number of hydrogen-bond donors (Lipinski definition) is 0. The third-order valence-electron chi connectivity index (χ3n) is 4.00. The van der Waals surface area contributed by atoms with E-state index in [1.54, 1.807) is 24.3 Å². The lowest BCUT2D eigenvalue weighted by molar-refractivity contribution is 0.0481. The predicted molar refractivity (Wildman–Crippen MR) is 99.8 cm³/mol. The van der Waals surface area contributed by atoms with Crippen molar-refractivity contribution < 1.29 is 19.1 Å². The first-order chi connectivity index (χ1) is 12.0. The van der Waals surface area contributed by atoms with E-state index in [1.807, 2.05) is 0 Å². The highest BCUT2D eigenvalue weighted by Gasteiger charge is 2.11. The number of esters is 2. The number of hydrogen-bond acceptors (Lipinski definition) is 4. The molecule has 0 N–H and O–H groups in total. The molecule has 0 saturated heterocycles. The van der Waals surface area contributed by atoms with Gasteiger partial charge in [0.05, 0.1) is 24.3 Å². The molecule has 1 rings (SSSR count). The van der Waals surface area contributed by atoms with Gasteiger partial charge in [-0.25, -0.2) is 9.59 Å². The van der Waals surface area contributed by atoms with Gasteiger partial charge in [-0.15, -0.1) is 0 Å². The summed E-state index contributed by atoms with van der Waals surface area (Å²) in [6, 6.07) is 6.46. The lowest BCUT2D eigenvalue weighted by atomic mass is 10.1. The van der Waals surface area contributed by atoms with E-state index in [2.05, 4.69) is 20.8 Å². The van der Waals surface area contributed by atoms with Gasteiger partial charge in [-0.2, -0.15) is 0 Å². The zero-order chi connectivity index (χ0) is 18.5. The Morgan fingerprint density at radius 2 is 1.28 bits per heavy atom. The highest BCUT2D eigenvalue weighted by Crippen LogP contribution is 2.10. The van der Waals surface area contributed by atoms with Crippen LogP contribution in [0.25, 0.3) is 0 Å². The first kappa shape index (κ1) is 21.2. The molecule has 0 atom stereocenters. The summed E-state index contributed by atoms with van der Waals surface area (Å²) in [4.78, 5) is 23.9. The Labute approximate surface area is 151 Å². The van der Waals surface area contributed by atoms with E-state index in [-0.39, 0.29) is 11.9 Å². The van der Waals surface area contributed by atoms with Crippen LogP contribution in [0.4, 0.5) is 0 Å². The molecule has 0 unspecified atom stereocenters. The molecule has 4 heteroatoms. The van der Waals surface area contributed by atoms with Crippen molar-refractivity contribution >= 4 is 11.9 Å². The van der Waals surface area contributed by atoms with Crippen molar-refractivity contribution in [3.8, 4) is 0 Å². The summed E-state index contributed by atoms with van der Waals surface area (Å²) in [6.07, 6.45) is 7.50. The van der Waals surface area contributed by atoms with Gasteiger partial charge < -0.3 is 9.47 Å². The van der Waals surface area contributed by atoms with Gasteiger partial charge in [0.1, 0.15) is 0 Å². The van der Waals surface area contributed by atoms with Gasteiger partial charge in [0.25, 0.3) is 0 Å². The fraction of sp³-hybridized carbons (Fsp3) is 0.619. The Balaban J connectivity index is 2.32. The largest absolute Gasteiger partial charge is 0.462 e. The SMILES string of the molecule is CCCCCCCOC(=O)c1ccc(C(=O)OCCCC(C)C)cc1. The second kappa shape index (κ2) is 12.5. The van der Waals surface area contributed by atoms with Gasteiger partial charge in [0, 0.05) is 0 Å². The zero-order valence-electron chi connectivity index (χ0n) is 15.9. The van der Waals surface area contributed by atoms with E-state index >= 15 is 0 Å². The van der Waals surface area contributed by atoms with E-state index in [0.717, 1.165) is 25.7 Å². The van der Waals surface area contributed by atoms with Gasteiger partial charge >= 0.3 is 11.9 Å². The minimum atomic E-state index is -0.348. The zero-order valence-corrected chi connectivity index (χ0v) is 15.9. The second-order valence-corrected chi connectivity index (χ2v) is 6.80. The molecule has 0 bridgehead atoms. The van der Waals surface area contributed by atoms with E-state index < -0.39 is 0 Å². The van der Waals surface area contributed by atoms with E-state index in [1.165, 1.54) is 19.3 Å². The van der Waals surface area contributed by atoms with Crippen LogP contribution in [0.2, 0.25) is 0 Å². The highest BCUT2D eigenvalue weighted by molar-refractivity contribution is 5.93. The predicted octanol–water partition coefficient (Wildman–Crippen LogP) is 5.41. The Morgan fingerprint density at radius 1 is 0.800 bits per heavy atom. The number of carbonyl (C=O) groups excluding carboxylic acids is 2. The lowest BCUT2D eigenvalue weighted by Gasteiger charge is -2.07. The van der Waals surface area contributed by atoms with Gasteiger partial charge in [-0.3, -0.25) is 0 Å². The quantitative estimate of drug-likeness (QED) is 0.374. The molecule has 140 valence electrons. The van der Waals surface area contributed by atoms with Crippen LogP contribution in [-0.2, 0) is 9.47 Å². The molecular weight excluding hydrogens is 316 g/mol. The van der Waals surface area contributed by atoms with Gasteiger partial charge in [0.2, 0.25) is 0 Å². The minimum absolute atomic E-state index is 0.340. The van der Waals surface area contributed by atoms with E-state index in [4.69, 9.17) is 9.47 Å².